The van der Waals surface area contributed by atoms with Crippen LogP contribution in [0.15, 0.2) is 18.2 Å². The number of amides is 1. The number of nitrogens with zero attached hydrogens (tertiary/aromatic N) is 2. The predicted molar refractivity (Wildman–Crippen MR) is 96.4 cm³/mol. The van der Waals surface area contributed by atoms with Gasteiger partial charge >= 0.3 is 0 Å². The fraction of sp³-hybridized carbons (Fsp3) is 0.588. The van der Waals surface area contributed by atoms with Crippen molar-refractivity contribution in [3.63, 3.8) is 0 Å². The monoisotopic (exact) mass is 370 g/mol. The van der Waals surface area contributed by atoms with Crippen molar-refractivity contribution in [2.24, 2.45) is 0 Å². The molecule has 0 aromatic heterocycles. The van der Waals surface area contributed by atoms with Crippen LogP contribution in [0, 0.1) is 6.92 Å². The molecule has 24 heavy (non-hydrogen) atoms. The summed E-state index contributed by atoms with van der Waals surface area (Å²) in [6.45, 7) is 6.25. The van der Waals surface area contributed by atoms with E-state index in [9.17, 15) is 13.2 Å². The highest BCUT2D eigenvalue weighted by Crippen LogP contribution is 2.34. The zero-order valence-electron chi connectivity index (χ0n) is 14.2. The van der Waals surface area contributed by atoms with Crippen LogP contribution in [0.4, 0.5) is 5.69 Å². The van der Waals surface area contributed by atoms with Crippen molar-refractivity contribution in [1.82, 2.24) is 4.90 Å². The first-order valence-electron chi connectivity index (χ1n) is 8.28. The van der Waals surface area contributed by atoms with Gasteiger partial charge in [-0.2, -0.15) is 0 Å². The molecule has 2 aliphatic heterocycles. The molecule has 3 atom stereocenters. The Morgan fingerprint density at radius 2 is 1.96 bits per heavy atom. The molecule has 7 heteroatoms. The summed E-state index contributed by atoms with van der Waals surface area (Å²) in [6, 6.07) is 5.16. The second-order valence-electron chi connectivity index (χ2n) is 6.84. The molecule has 0 unspecified atom stereocenters. The summed E-state index contributed by atoms with van der Waals surface area (Å²) in [5.74, 6) is 0.0706. The fourth-order valence-corrected chi connectivity index (χ4v) is 5.83. The molecule has 5 nitrogen and oxygen atoms in total. The normalized spacial score (nSPS) is 28.0. The van der Waals surface area contributed by atoms with E-state index in [1.165, 1.54) is 0 Å². The molecule has 0 radical (unpaired) electrons. The Bertz CT molecular complexity index is 765. The smallest absolute Gasteiger partial charge is 0.241 e. The minimum absolute atomic E-state index is 0.0157. The number of aryl methyl sites for hydroxylation is 1. The van der Waals surface area contributed by atoms with Crippen molar-refractivity contribution >= 4 is 33.0 Å². The molecule has 2 heterocycles. The van der Waals surface area contributed by atoms with E-state index in [-0.39, 0.29) is 42.1 Å². The molecule has 0 aliphatic carbocycles. The van der Waals surface area contributed by atoms with Gasteiger partial charge in [0, 0.05) is 22.8 Å². The van der Waals surface area contributed by atoms with Crippen molar-refractivity contribution in [3.05, 3.63) is 28.8 Å². The molecule has 2 fully saturated rings. The van der Waals surface area contributed by atoms with Gasteiger partial charge in [-0.15, -0.1) is 0 Å². The molecule has 0 spiro atoms. The molecule has 2 aliphatic rings. The minimum atomic E-state index is -3.15. The van der Waals surface area contributed by atoms with E-state index in [1.807, 2.05) is 26.0 Å². The van der Waals surface area contributed by atoms with E-state index in [0.29, 0.717) is 10.7 Å². The number of piperazine rings is 1. The first-order chi connectivity index (χ1) is 11.2. The Kier molecular flexibility index (Phi) is 4.66. The van der Waals surface area contributed by atoms with Crippen molar-refractivity contribution in [1.29, 1.82) is 0 Å². The van der Waals surface area contributed by atoms with Gasteiger partial charge in [0.1, 0.15) is 0 Å². The number of carbonyl (C=O) groups is 1. The lowest BCUT2D eigenvalue weighted by molar-refractivity contribution is -0.124. The van der Waals surface area contributed by atoms with Crippen LogP contribution < -0.4 is 4.90 Å². The van der Waals surface area contributed by atoms with E-state index < -0.39 is 9.84 Å². The van der Waals surface area contributed by atoms with Crippen LogP contribution in [-0.4, -0.2) is 55.4 Å². The molecule has 0 N–H and O–H groups in total. The molecule has 2 saturated heterocycles. The number of fused-ring (bicyclic) bond motifs is 1. The van der Waals surface area contributed by atoms with Crippen LogP contribution in [0.25, 0.3) is 0 Å². The average molecular weight is 371 g/mol. The van der Waals surface area contributed by atoms with E-state index >= 15 is 0 Å². The predicted octanol–water partition coefficient (Wildman–Crippen LogP) is 2.26. The lowest BCUT2D eigenvalue weighted by atomic mass is 10.00. The Morgan fingerprint density at radius 3 is 2.58 bits per heavy atom. The van der Waals surface area contributed by atoms with Gasteiger partial charge in [0.2, 0.25) is 5.91 Å². The molecular formula is C17H23ClN2O3S. The lowest BCUT2D eigenvalue weighted by Gasteiger charge is -2.45. The SMILES string of the molecule is CC[C@@H](C)N1CC(=O)N(c2ccc(C)c(Cl)c2)[C@@H]2CS(=O)(=O)C[C@@H]21. The maximum Gasteiger partial charge on any atom is 0.241 e. The fourth-order valence-electron chi connectivity index (χ4n) is 3.69. The summed E-state index contributed by atoms with van der Waals surface area (Å²) in [6.07, 6.45) is 0.882. The van der Waals surface area contributed by atoms with E-state index in [1.54, 1.807) is 11.0 Å². The topological polar surface area (TPSA) is 57.7 Å². The van der Waals surface area contributed by atoms with Crippen LogP contribution in [0.1, 0.15) is 25.8 Å². The van der Waals surface area contributed by atoms with Crippen LogP contribution in [0.2, 0.25) is 5.02 Å². The second kappa shape index (κ2) is 6.32. The Hall–Kier alpha value is -1.11. The second-order valence-corrected chi connectivity index (χ2v) is 9.40. The third-order valence-corrected chi connectivity index (χ3v) is 7.33. The van der Waals surface area contributed by atoms with Gasteiger partial charge in [-0.1, -0.05) is 24.6 Å². The molecule has 132 valence electrons. The highest BCUT2D eigenvalue weighted by atomic mass is 35.5. The number of rotatable bonds is 3. The Labute approximate surface area is 148 Å². The first kappa shape index (κ1) is 17.7. The van der Waals surface area contributed by atoms with Crippen molar-refractivity contribution in [2.75, 3.05) is 23.0 Å². The molecule has 0 saturated carbocycles. The molecule has 3 rings (SSSR count). The average Bonchev–Trinajstić information content (AvgIpc) is 2.83. The van der Waals surface area contributed by atoms with Crippen molar-refractivity contribution < 1.29 is 13.2 Å². The van der Waals surface area contributed by atoms with Crippen molar-refractivity contribution in [3.8, 4) is 0 Å². The molecule has 0 bridgehead atoms. The van der Waals surface area contributed by atoms with E-state index in [4.69, 9.17) is 11.6 Å². The zero-order chi connectivity index (χ0) is 17.6. The van der Waals surface area contributed by atoms with Gasteiger partial charge in [-0.25, -0.2) is 8.42 Å². The first-order valence-corrected chi connectivity index (χ1v) is 10.5. The number of anilines is 1. The molecule has 1 aromatic carbocycles. The molecular weight excluding hydrogens is 348 g/mol. The van der Waals surface area contributed by atoms with Gasteiger partial charge in [0.05, 0.1) is 24.1 Å². The van der Waals surface area contributed by atoms with Crippen LogP contribution in [0.5, 0.6) is 0 Å². The largest absolute Gasteiger partial charge is 0.306 e. The number of benzene rings is 1. The highest BCUT2D eigenvalue weighted by molar-refractivity contribution is 7.91. The summed E-state index contributed by atoms with van der Waals surface area (Å²) >= 11 is 6.21. The maximum atomic E-state index is 12.8. The highest BCUT2D eigenvalue weighted by Gasteiger charge is 2.50. The summed E-state index contributed by atoms with van der Waals surface area (Å²) in [5, 5.41) is 0.585. The summed E-state index contributed by atoms with van der Waals surface area (Å²) in [7, 11) is -3.15. The summed E-state index contributed by atoms with van der Waals surface area (Å²) in [4.78, 5) is 16.5. The minimum Gasteiger partial charge on any atom is -0.306 e. The van der Waals surface area contributed by atoms with Crippen LogP contribution >= 0.6 is 11.6 Å². The summed E-state index contributed by atoms with van der Waals surface area (Å²) < 4.78 is 24.5. The third kappa shape index (κ3) is 3.07. The van der Waals surface area contributed by atoms with Crippen LogP contribution in [0.3, 0.4) is 0 Å². The van der Waals surface area contributed by atoms with Gasteiger partial charge < -0.3 is 4.90 Å². The standard InChI is InChI=1S/C17H23ClN2O3S/c1-4-12(3)19-8-17(21)20(13-6-5-11(2)14(18)7-13)16-10-24(22,23)9-15(16)19/h5-7,12,15-16H,4,8-10H2,1-3H3/t12-,15+,16-/m1/s1. The van der Waals surface area contributed by atoms with Gasteiger partial charge in [-0.05, 0) is 38.0 Å². The quantitative estimate of drug-likeness (QED) is 0.818. The van der Waals surface area contributed by atoms with Crippen molar-refractivity contribution in [2.45, 2.75) is 45.3 Å². The zero-order valence-corrected chi connectivity index (χ0v) is 15.8. The number of halogens is 1. The van der Waals surface area contributed by atoms with E-state index in [2.05, 4.69) is 11.8 Å². The number of hydrogen-bond donors (Lipinski definition) is 0. The lowest BCUT2D eigenvalue weighted by Crippen LogP contribution is -2.63. The summed E-state index contributed by atoms with van der Waals surface area (Å²) in [5.41, 5.74) is 1.62. The van der Waals surface area contributed by atoms with Gasteiger partial charge in [-0.3, -0.25) is 9.69 Å². The van der Waals surface area contributed by atoms with Crippen LogP contribution in [-0.2, 0) is 14.6 Å². The van der Waals surface area contributed by atoms with E-state index in [0.717, 1.165) is 12.0 Å². The number of carbonyl (C=O) groups excluding carboxylic acids is 1. The van der Waals surface area contributed by atoms with Gasteiger partial charge in [0.25, 0.3) is 0 Å². The molecule has 1 aromatic rings. The third-order valence-electron chi connectivity index (χ3n) is 5.23. The number of sulfone groups is 1. The Balaban J connectivity index is 2.02. The maximum absolute atomic E-state index is 12.8. The number of hydrogen-bond acceptors (Lipinski definition) is 4. The molecule has 1 amide bonds. The Morgan fingerprint density at radius 1 is 1.29 bits per heavy atom. The van der Waals surface area contributed by atoms with Gasteiger partial charge in [0.15, 0.2) is 9.84 Å².